The number of halogens is 3. The molecule has 5 heteroatoms. The highest BCUT2D eigenvalue weighted by Crippen LogP contribution is 2.20. The Morgan fingerprint density at radius 3 is 2.74 bits per heavy atom. The van der Waals surface area contributed by atoms with Gasteiger partial charge in [-0.05, 0) is 30.3 Å². The lowest BCUT2D eigenvalue weighted by atomic mass is 10.2. The molecule has 0 atom stereocenters. The summed E-state index contributed by atoms with van der Waals surface area (Å²) in [5.74, 6) is -0.323. The number of rotatable bonds is 2. The minimum Gasteiger partial charge on any atom is -0.328 e. The standard InChI is InChI=1S/C14H9Cl2FN2/c15-11-3-1-10(12(17)7-11)8-19-6-5-9-2-4-13(16)18-14(9)19/h1-7H,8H2. The Morgan fingerprint density at radius 2 is 1.95 bits per heavy atom. The molecule has 0 spiro atoms. The predicted molar refractivity (Wildman–Crippen MR) is 75.3 cm³/mol. The number of pyridine rings is 1. The van der Waals surface area contributed by atoms with Gasteiger partial charge in [-0.2, -0.15) is 0 Å². The Morgan fingerprint density at radius 1 is 1.11 bits per heavy atom. The molecule has 2 aromatic heterocycles. The second kappa shape index (κ2) is 4.83. The third kappa shape index (κ3) is 2.44. The van der Waals surface area contributed by atoms with Gasteiger partial charge in [0, 0.05) is 22.2 Å². The molecule has 1 aromatic carbocycles. The number of fused-ring (bicyclic) bond motifs is 1. The topological polar surface area (TPSA) is 17.8 Å². The molecular weight excluding hydrogens is 286 g/mol. The molecule has 0 radical (unpaired) electrons. The highest BCUT2D eigenvalue weighted by Gasteiger charge is 2.07. The fourth-order valence-electron chi connectivity index (χ4n) is 2.00. The molecule has 96 valence electrons. The van der Waals surface area contributed by atoms with E-state index >= 15 is 0 Å². The van der Waals surface area contributed by atoms with Crippen LogP contribution in [0.4, 0.5) is 4.39 Å². The van der Waals surface area contributed by atoms with Crippen molar-refractivity contribution in [2.45, 2.75) is 6.54 Å². The molecule has 0 N–H and O–H groups in total. The second-order valence-electron chi connectivity index (χ2n) is 4.23. The first-order chi connectivity index (χ1) is 9.13. The van der Waals surface area contributed by atoms with E-state index in [0.717, 1.165) is 11.0 Å². The summed E-state index contributed by atoms with van der Waals surface area (Å²) in [7, 11) is 0. The summed E-state index contributed by atoms with van der Waals surface area (Å²) >= 11 is 11.6. The number of hydrogen-bond acceptors (Lipinski definition) is 1. The molecule has 0 amide bonds. The van der Waals surface area contributed by atoms with E-state index in [1.165, 1.54) is 6.07 Å². The van der Waals surface area contributed by atoms with Gasteiger partial charge in [0.25, 0.3) is 0 Å². The minimum absolute atomic E-state index is 0.323. The molecule has 3 aromatic rings. The van der Waals surface area contributed by atoms with Crippen LogP contribution >= 0.6 is 23.2 Å². The van der Waals surface area contributed by atoms with Crippen LogP contribution in [-0.4, -0.2) is 9.55 Å². The lowest BCUT2D eigenvalue weighted by molar-refractivity contribution is 0.601. The molecule has 0 aliphatic heterocycles. The van der Waals surface area contributed by atoms with E-state index in [2.05, 4.69) is 4.98 Å². The van der Waals surface area contributed by atoms with E-state index in [1.54, 1.807) is 18.2 Å². The van der Waals surface area contributed by atoms with Crippen LogP contribution in [0.5, 0.6) is 0 Å². The molecule has 0 saturated heterocycles. The molecule has 19 heavy (non-hydrogen) atoms. The first-order valence-corrected chi connectivity index (χ1v) is 6.44. The summed E-state index contributed by atoms with van der Waals surface area (Å²) in [5, 5.41) is 1.78. The van der Waals surface area contributed by atoms with Crippen molar-refractivity contribution in [1.29, 1.82) is 0 Å². The normalized spacial score (nSPS) is 11.1. The van der Waals surface area contributed by atoms with Crippen LogP contribution in [0.2, 0.25) is 10.2 Å². The average molecular weight is 295 g/mol. The lowest BCUT2D eigenvalue weighted by Crippen LogP contribution is -2.01. The summed E-state index contributed by atoms with van der Waals surface area (Å²) < 4.78 is 15.6. The molecule has 0 aliphatic rings. The highest BCUT2D eigenvalue weighted by molar-refractivity contribution is 6.30. The van der Waals surface area contributed by atoms with Crippen molar-refractivity contribution in [3.05, 3.63) is 64.2 Å². The highest BCUT2D eigenvalue weighted by atomic mass is 35.5. The van der Waals surface area contributed by atoms with Crippen LogP contribution < -0.4 is 0 Å². The SMILES string of the molecule is Fc1cc(Cl)ccc1Cn1ccc2ccc(Cl)nc21. The van der Waals surface area contributed by atoms with Gasteiger partial charge in [0.2, 0.25) is 0 Å². The first kappa shape index (κ1) is 12.5. The van der Waals surface area contributed by atoms with E-state index in [9.17, 15) is 4.39 Å². The quantitative estimate of drug-likeness (QED) is 0.635. The number of aromatic nitrogens is 2. The molecule has 2 heterocycles. The predicted octanol–water partition coefficient (Wildman–Crippen LogP) is 4.53. The number of benzene rings is 1. The van der Waals surface area contributed by atoms with Gasteiger partial charge in [0.15, 0.2) is 0 Å². The Labute approximate surface area is 119 Å². The summed E-state index contributed by atoms with van der Waals surface area (Å²) in [6.45, 7) is 0.389. The smallest absolute Gasteiger partial charge is 0.141 e. The summed E-state index contributed by atoms with van der Waals surface area (Å²) in [5.41, 5.74) is 1.30. The Hall–Kier alpha value is -1.58. The summed E-state index contributed by atoms with van der Waals surface area (Å²) in [4.78, 5) is 4.26. The van der Waals surface area contributed by atoms with Crippen LogP contribution in [0.3, 0.4) is 0 Å². The van der Waals surface area contributed by atoms with Crippen molar-refractivity contribution in [3.63, 3.8) is 0 Å². The van der Waals surface area contributed by atoms with Crippen molar-refractivity contribution in [3.8, 4) is 0 Å². The van der Waals surface area contributed by atoms with Gasteiger partial charge in [-0.3, -0.25) is 0 Å². The molecule has 0 unspecified atom stereocenters. The van der Waals surface area contributed by atoms with Gasteiger partial charge in [0.05, 0.1) is 6.54 Å². The van der Waals surface area contributed by atoms with Crippen LogP contribution in [0.25, 0.3) is 11.0 Å². The van der Waals surface area contributed by atoms with Gasteiger partial charge in [-0.15, -0.1) is 0 Å². The Balaban J connectivity index is 2.03. The molecule has 2 nitrogen and oxygen atoms in total. The van der Waals surface area contributed by atoms with Crippen molar-refractivity contribution >= 4 is 34.2 Å². The fraction of sp³-hybridized carbons (Fsp3) is 0.0714. The van der Waals surface area contributed by atoms with E-state index in [0.29, 0.717) is 22.3 Å². The third-order valence-corrected chi connectivity index (χ3v) is 3.38. The van der Waals surface area contributed by atoms with Gasteiger partial charge in [-0.25, -0.2) is 9.37 Å². The van der Waals surface area contributed by atoms with Gasteiger partial charge < -0.3 is 4.57 Å². The van der Waals surface area contributed by atoms with Crippen molar-refractivity contribution in [1.82, 2.24) is 9.55 Å². The fourth-order valence-corrected chi connectivity index (χ4v) is 2.30. The van der Waals surface area contributed by atoms with Crippen molar-refractivity contribution in [2.24, 2.45) is 0 Å². The molecular formula is C14H9Cl2FN2. The first-order valence-electron chi connectivity index (χ1n) is 5.69. The van der Waals surface area contributed by atoms with Crippen molar-refractivity contribution < 1.29 is 4.39 Å². The van der Waals surface area contributed by atoms with Gasteiger partial charge in [0.1, 0.15) is 16.6 Å². The molecule has 0 bridgehead atoms. The van der Waals surface area contributed by atoms with Gasteiger partial charge >= 0.3 is 0 Å². The monoisotopic (exact) mass is 294 g/mol. The van der Waals surface area contributed by atoms with Crippen LogP contribution in [0, 0.1) is 5.82 Å². The lowest BCUT2D eigenvalue weighted by Gasteiger charge is -2.06. The van der Waals surface area contributed by atoms with Crippen LogP contribution in [0.1, 0.15) is 5.56 Å². The van der Waals surface area contributed by atoms with E-state index in [1.807, 2.05) is 22.9 Å². The summed E-state index contributed by atoms with van der Waals surface area (Å²) in [6.07, 6.45) is 1.86. The molecule has 0 fully saturated rings. The largest absolute Gasteiger partial charge is 0.328 e. The number of nitrogens with zero attached hydrogens (tertiary/aromatic N) is 2. The maximum Gasteiger partial charge on any atom is 0.141 e. The summed E-state index contributed by atoms with van der Waals surface area (Å²) in [6, 6.07) is 10.2. The third-order valence-electron chi connectivity index (χ3n) is 2.93. The zero-order valence-corrected chi connectivity index (χ0v) is 11.3. The van der Waals surface area contributed by atoms with Gasteiger partial charge in [-0.1, -0.05) is 29.3 Å². The number of hydrogen-bond donors (Lipinski definition) is 0. The average Bonchev–Trinajstić information content (AvgIpc) is 2.75. The molecule has 0 aliphatic carbocycles. The van der Waals surface area contributed by atoms with Crippen LogP contribution in [-0.2, 0) is 6.54 Å². The molecule has 0 saturated carbocycles. The van der Waals surface area contributed by atoms with Crippen molar-refractivity contribution in [2.75, 3.05) is 0 Å². The maximum absolute atomic E-state index is 13.8. The Bertz CT molecular complexity index is 752. The Kier molecular flexibility index (Phi) is 3.17. The minimum atomic E-state index is -0.323. The maximum atomic E-state index is 13.8. The molecule has 3 rings (SSSR count). The zero-order valence-electron chi connectivity index (χ0n) is 9.78. The van der Waals surface area contributed by atoms with Crippen LogP contribution in [0.15, 0.2) is 42.6 Å². The van der Waals surface area contributed by atoms with E-state index in [4.69, 9.17) is 23.2 Å². The van der Waals surface area contributed by atoms with E-state index in [-0.39, 0.29) is 5.82 Å². The zero-order chi connectivity index (χ0) is 13.4. The van der Waals surface area contributed by atoms with E-state index < -0.39 is 0 Å². The second-order valence-corrected chi connectivity index (χ2v) is 5.05.